The highest BCUT2D eigenvalue weighted by atomic mass is 79.9. The Labute approximate surface area is 164 Å². The summed E-state index contributed by atoms with van der Waals surface area (Å²) < 4.78 is 12.2. The summed E-state index contributed by atoms with van der Waals surface area (Å²) in [5.41, 5.74) is 1.62. The van der Waals surface area contributed by atoms with E-state index in [0.29, 0.717) is 19.7 Å². The van der Waals surface area contributed by atoms with Crippen molar-refractivity contribution in [3.63, 3.8) is 0 Å². The van der Waals surface area contributed by atoms with Gasteiger partial charge in [-0.25, -0.2) is 4.79 Å². The topological polar surface area (TPSA) is 38.8 Å². The van der Waals surface area contributed by atoms with E-state index in [2.05, 4.69) is 15.9 Å². The molecule has 2 aromatic rings. The van der Waals surface area contributed by atoms with Crippen LogP contribution in [0.25, 0.3) is 0 Å². The summed E-state index contributed by atoms with van der Waals surface area (Å²) >= 11 is 3.58. The molecule has 0 saturated heterocycles. The van der Waals surface area contributed by atoms with Gasteiger partial charge in [0.25, 0.3) is 0 Å². The first-order chi connectivity index (χ1) is 12.3. The molecule has 5 heteroatoms. The van der Waals surface area contributed by atoms with E-state index in [0.717, 1.165) is 21.3 Å². The lowest BCUT2D eigenvalue weighted by atomic mass is 10.2. The molecule has 0 aromatic heterocycles. The average Bonchev–Trinajstić information content (AvgIpc) is 2.58. The van der Waals surface area contributed by atoms with Crippen molar-refractivity contribution in [3.05, 3.63) is 64.1 Å². The summed E-state index contributed by atoms with van der Waals surface area (Å²) in [6, 6.07) is 15.9. The molecular weight excluding hydrogens is 394 g/mol. The van der Waals surface area contributed by atoms with Crippen LogP contribution in [0.15, 0.2) is 53.0 Å². The fraction of sp³-hybridized carbons (Fsp3) is 0.381. The highest BCUT2D eigenvalue weighted by molar-refractivity contribution is 9.10. The Morgan fingerprint density at radius 2 is 1.81 bits per heavy atom. The Morgan fingerprint density at radius 3 is 2.38 bits per heavy atom. The highest BCUT2D eigenvalue weighted by Gasteiger charge is 2.21. The van der Waals surface area contributed by atoms with Crippen molar-refractivity contribution in [3.8, 4) is 5.75 Å². The SMILES string of the molecule is CCN(Cc1ccc(OCc2ccccc2)cc1Br)C(=O)OC(C)(C)C. The minimum Gasteiger partial charge on any atom is -0.489 e. The molecule has 2 rings (SSSR count). The number of nitrogens with zero attached hydrogens (tertiary/aromatic N) is 1. The van der Waals surface area contributed by atoms with E-state index in [1.807, 2.05) is 76.2 Å². The van der Waals surface area contributed by atoms with Gasteiger partial charge in [-0.15, -0.1) is 0 Å². The van der Waals surface area contributed by atoms with Gasteiger partial charge in [0.05, 0.1) is 6.54 Å². The lowest BCUT2D eigenvalue weighted by Gasteiger charge is -2.27. The van der Waals surface area contributed by atoms with Crippen molar-refractivity contribution in [2.45, 2.75) is 46.4 Å². The molecule has 0 aliphatic carbocycles. The minimum atomic E-state index is -0.503. The molecule has 0 fully saturated rings. The van der Waals surface area contributed by atoms with E-state index in [-0.39, 0.29) is 6.09 Å². The second kappa shape index (κ2) is 9.08. The molecule has 0 atom stereocenters. The number of hydrogen-bond donors (Lipinski definition) is 0. The average molecular weight is 420 g/mol. The number of amides is 1. The van der Waals surface area contributed by atoms with Crippen LogP contribution in [0, 0.1) is 0 Å². The van der Waals surface area contributed by atoms with Crippen molar-refractivity contribution in [1.29, 1.82) is 0 Å². The normalized spacial score (nSPS) is 11.1. The summed E-state index contributed by atoms with van der Waals surface area (Å²) in [6.07, 6.45) is -0.309. The van der Waals surface area contributed by atoms with E-state index in [4.69, 9.17) is 9.47 Å². The molecule has 4 nitrogen and oxygen atoms in total. The smallest absolute Gasteiger partial charge is 0.410 e. The van der Waals surface area contributed by atoms with Gasteiger partial charge in [0.2, 0.25) is 0 Å². The number of ether oxygens (including phenoxy) is 2. The summed E-state index contributed by atoms with van der Waals surface area (Å²) in [6.45, 7) is 9.12. The van der Waals surface area contributed by atoms with Crippen LogP contribution in [0.4, 0.5) is 4.79 Å². The van der Waals surface area contributed by atoms with E-state index < -0.39 is 5.60 Å². The Balaban J connectivity index is 2.00. The van der Waals surface area contributed by atoms with Gasteiger partial charge in [-0.05, 0) is 51.0 Å². The van der Waals surface area contributed by atoms with Crippen molar-refractivity contribution in [1.82, 2.24) is 4.90 Å². The lowest BCUT2D eigenvalue weighted by molar-refractivity contribution is 0.0244. The quantitative estimate of drug-likeness (QED) is 0.594. The largest absolute Gasteiger partial charge is 0.489 e. The zero-order valence-electron chi connectivity index (χ0n) is 15.8. The van der Waals surface area contributed by atoms with Crippen molar-refractivity contribution in [2.75, 3.05) is 6.54 Å². The van der Waals surface area contributed by atoms with Gasteiger partial charge in [-0.3, -0.25) is 0 Å². The maximum atomic E-state index is 12.3. The fourth-order valence-corrected chi connectivity index (χ4v) is 2.81. The predicted octanol–water partition coefficient (Wildman–Crippen LogP) is 5.79. The van der Waals surface area contributed by atoms with Crippen LogP contribution in [0.1, 0.15) is 38.8 Å². The van der Waals surface area contributed by atoms with Crippen LogP contribution >= 0.6 is 15.9 Å². The minimum absolute atomic E-state index is 0.309. The Morgan fingerprint density at radius 1 is 1.12 bits per heavy atom. The Bertz CT molecular complexity index is 726. The van der Waals surface area contributed by atoms with Gasteiger partial charge >= 0.3 is 6.09 Å². The molecule has 0 saturated carbocycles. The third-order valence-corrected chi connectivity index (χ3v) is 4.41. The number of rotatable bonds is 6. The molecule has 0 bridgehead atoms. The van der Waals surface area contributed by atoms with Crippen molar-refractivity contribution in [2.24, 2.45) is 0 Å². The third kappa shape index (κ3) is 6.37. The molecule has 2 aromatic carbocycles. The summed E-state index contributed by atoms with van der Waals surface area (Å²) in [5, 5.41) is 0. The number of halogens is 1. The Hall–Kier alpha value is -2.01. The van der Waals surface area contributed by atoms with Gasteiger partial charge in [-0.2, -0.15) is 0 Å². The van der Waals surface area contributed by atoms with Crippen LogP contribution in [0.3, 0.4) is 0 Å². The second-order valence-corrected chi connectivity index (χ2v) is 7.88. The zero-order chi connectivity index (χ0) is 19.2. The van der Waals surface area contributed by atoms with Crippen LogP contribution in [0.2, 0.25) is 0 Å². The van der Waals surface area contributed by atoms with Gasteiger partial charge in [0.15, 0.2) is 0 Å². The molecule has 1 amide bonds. The fourth-order valence-electron chi connectivity index (χ4n) is 2.32. The molecule has 0 unspecified atom stereocenters. The molecule has 26 heavy (non-hydrogen) atoms. The van der Waals surface area contributed by atoms with Crippen molar-refractivity contribution >= 4 is 22.0 Å². The summed E-state index contributed by atoms with van der Waals surface area (Å²) in [7, 11) is 0. The maximum absolute atomic E-state index is 12.3. The number of hydrogen-bond acceptors (Lipinski definition) is 3. The summed E-state index contributed by atoms with van der Waals surface area (Å²) in [4.78, 5) is 14.0. The summed E-state index contributed by atoms with van der Waals surface area (Å²) in [5.74, 6) is 0.782. The molecule has 0 aliphatic rings. The van der Waals surface area contributed by atoms with E-state index >= 15 is 0 Å². The molecular formula is C21H26BrNO3. The number of carbonyl (C=O) groups excluding carboxylic acids is 1. The first kappa shape index (κ1) is 20.3. The van der Waals surface area contributed by atoms with Gasteiger partial charge in [0.1, 0.15) is 18.0 Å². The molecule has 0 heterocycles. The van der Waals surface area contributed by atoms with Crippen molar-refractivity contribution < 1.29 is 14.3 Å². The zero-order valence-corrected chi connectivity index (χ0v) is 17.4. The molecule has 0 spiro atoms. The van der Waals surface area contributed by atoms with E-state index in [1.54, 1.807) is 4.90 Å². The van der Waals surface area contributed by atoms with Crippen LogP contribution in [0.5, 0.6) is 5.75 Å². The van der Waals surface area contributed by atoms with E-state index in [1.165, 1.54) is 0 Å². The predicted molar refractivity (Wildman–Crippen MR) is 107 cm³/mol. The van der Waals surface area contributed by atoms with Crippen LogP contribution in [-0.2, 0) is 17.9 Å². The van der Waals surface area contributed by atoms with Crippen LogP contribution in [-0.4, -0.2) is 23.1 Å². The maximum Gasteiger partial charge on any atom is 0.410 e. The van der Waals surface area contributed by atoms with Gasteiger partial charge in [-0.1, -0.05) is 52.3 Å². The monoisotopic (exact) mass is 419 g/mol. The number of carbonyl (C=O) groups is 1. The van der Waals surface area contributed by atoms with Gasteiger partial charge in [0, 0.05) is 11.0 Å². The van der Waals surface area contributed by atoms with Crippen LogP contribution < -0.4 is 4.74 Å². The molecule has 0 aliphatic heterocycles. The first-order valence-electron chi connectivity index (χ1n) is 8.71. The molecule has 140 valence electrons. The van der Waals surface area contributed by atoms with Gasteiger partial charge < -0.3 is 14.4 Å². The highest BCUT2D eigenvalue weighted by Crippen LogP contribution is 2.25. The molecule has 0 radical (unpaired) electrons. The molecule has 0 N–H and O–H groups in total. The number of benzene rings is 2. The lowest BCUT2D eigenvalue weighted by Crippen LogP contribution is -2.36. The van der Waals surface area contributed by atoms with E-state index in [9.17, 15) is 4.79 Å². The second-order valence-electron chi connectivity index (χ2n) is 7.02. The third-order valence-electron chi connectivity index (χ3n) is 3.67. The standard InChI is InChI=1S/C21H26BrNO3/c1-5-23(20(24)26-21(2,3)4)14-17-11-12-18(13-19(17)22)25-15-16-9-7-6-8-10-16/h6-13H,5,14-15H2,1-4H3. The Kier molecular flexibility index (Phi) is 7.09. The first-order valence-corrected chi connectivity index (χ1v) is 9.51.